The van der Waals surface area contributed by atoms with Gasteiger partial charge in [-0.1, -0.05) is 266 Å². The van der Waals surface area contributed by atoms with Gasteiger partial charge < -0.3 is 18.9 Å². The monoisotopic (exact) mass is 1070 g/mol. The number of carbonyl (C=O) groups is 2. The molecule has 0 fully saturated rings. The lowest BCUT2D eigenvalue weighted by atomic mass is 10.0. The van der Waals surface area contributed by atoms with E-state index in [1.165, 1.54) is 135 Å². The van der Waals surface area contributed by atoms with Crippen molar-refractivity contribution in [3.63, 3.8) is 0 Å². The zero-order chi connectivity index (χ0) is 54.9. The topological polar surface area (TPSA) is 108 Å². The first kappa shape index (κ1) is 72.2. The Hall–Kier alpha value is -2.81. The molecule has 0 radical (unpaired) electrons. The predicted molar refractivity (Wildman–Crippen MR) is 321 cm³/mol. The van der Waals surface area contributed by atoms with Gasteiger partial charge in [-0.15, -0.1) is 0 Å². The van der Waals surface area contributed by atoms with Crippen LogP contribution in [0.1, 0.15) is 264 Å². The van der Waals surface area contributed by atoms with E-state index in [1.54, 1.807) is 0 Å². The van der Waals surface area contributed by atoms with Crippen LogP contribution in [0.4, 0.5) is 0 Å². The highest BCUT2D eigenvalue weighted by atomic mass is 31.2. The second-order valence-electron chi connectivity index (χ2n) is 21.7. The van der Waals surface area contributed by atoms with Crippen molar-refractivity contribution >= 4 is 19.8 Å². The third-order valence-electron chi connectivity index (χ3n) is 13.2. The molecule has 0 aliphatic rings. The molecule has 1 N–H and O–H groups in total. The Morgan fingerprint density at radius 3 is 1.13 bits per heavy atom. The van der Waals surface area contributed by atoms with Crippen LogP contribution in [0.25, 0.3) is 0 Å². The van der Waals surface area contributed by atoms with E-state index >= 15 is 0 Å². The number of carbonyl (C=O) groups excluding carboxylic acids is 2. The lowest BCUT2D eigenvalue weighted by Gasteiger charge is -2.24. The molecule has 0 aromatic rings. The summed E-state index contributed by atoms with van der Waals surface area (Å²) in [5.41, 5.74) is 0. The molecule has 75 heavy (non-hydrogen) atoms. The van der Waals surface area contributed by atoms with E-state index in [-0.39, 0.29) is 32.0 Å². The summed E-state index contributed by atoms with van der Waals surface area (Å²) in [5, 5.41) is 0. The first-order chi connectivity index (χ1) is 36.5. The quantitative estimate of drug-likeness (QED) is 0.0211. The number of nitrogens with zero attached hydrogens (tertiary/aromatic N) is 1. The molecular weight excluding hydrogens is 954 g/mol. The lowest BCUT2D eigenvalue weighted by Crippen LogP contribution is -2.37. The maximum Gasteiger partial charge on any atom is 0.472 e. The number of hydrogen-bond donors (Lipinski definition) is 1. The molecule has 0 aliphatic heterocycles. The molecule has 0 amide bonds. The Morgan fingerprint density at radius 2 is 0.760 bits per heavy atom. The van der Waals surface area contributed by atoms with Gasteiger partial charge in [-0.2, -0.15) is 0 Å². The van der Waals surface area contributed by atoms with Crippen molar-refractivity contribution in [2.24, 2.45) is 0 Å². The van der Waals surface area contributed by atoms with Crippen LogP contribution < -0.4 is 0 Å². The minimum absolute atomic E-state index is 0.0247. The van der Waals surface area contributed by atoms with Crippen LogP contribution >= 0.6 is 7.82 Å². The maximum atomic E-state index is 12.8. The fourth-order valence-corrected chi connectivity index (χ4v) is 9.21. The van der Waals surface area contributed by atoms with E-state index in [0.717, 1.165) is 96.3 Å². The van der Waals surface area contributed by atoms with Gasteiger partial charge in [0.2, 0.25) is 0 Å². The summed E-state index contributed by atoms with van der Waals surface area (Å²) in [4.78, 5) is 35.8. The minimum atomic E-state index is -4.40. The van der Waals surface area contributed by atoms with Crippen LogP contribution in [-0.4, -0.2) is 74.9 Å². The predicted octanol–water partition coefficient (Wildman–Crippen LogP) is 19.4. The summed E-state index contributed by atoms with van der Waals surface area (Å²) in [6.07, 6.45) is 75.2. The second kappa shape index (κ2) is 55.9. The summed E-state index contributed by atoms with van der Waals surface area (Å²) < 4.78 is 34.6. The number of phosphoric acid groups is 1. The number of esters is 2. The molecule has 0 aromatic heterocycles. The summed E-state index contributed by atoms with van der Waals surface area (Å²) in [6.45, 7) is 4.32. The first-order valence-corrected chi connectivity index (χ1v) is 32.3. The van der Waals surface area contributed by atoms with Gasteiger partial charge in [-0.25, -0.2) is 4.57 Å². The molecule has 2 atom stereocenters. The smallest absolute Gasteiger partial charge is 0.462 e. The zero-order valence-corrected chi connectivity index (χ0v) is 50.2. The second-order valence-corrected chi connectivity index (χ2v) is 23.2. The van der Waals surface area contributed by atoms with E-state index in [1.807, 2.05) is 21.1 Å². The molecule has 0 aromatic carbocycles. The van der Waals surface area contributed by atoms with Gasteiger partial charge >= 0.3 is 19.8 Å². The van der Waals surface area contributed by atoms with Crippen LogP contribution in [0.5, 0.6) is 0 Å². The van der Waals surface area contributed by atoms with E-state index in [4.69, 9.17) is 18.5 Å². The Labute approximate surface area is 462 Å². The average molecular weight is 1070 g/mol. The summed E-state index contributed by atoms with van der Waals surface area (Å²) in [7, 11) is 1.46. The van der Waals surface area contributed by atoms with Crippen molar-refractivity contribution in [3.8, 4) is 0 Å². The fraction of sp³-hybridized carbons (Fsp3) is 0.754. The van der Waals surface area contributed by atoms with Gasteiger partial charge in [0, 0.05) is 12.8 Å². The van der Waals surface area contributed by atoms with Crippen LogP contribution in [0, 0.1) is 0 Å². The van der Waals surface area contributed by atoms with Crippen LogP contribution in [0.15, 0.2) is 85.1 Å². The van der Waals surface area contributed by atoms with E-state index < -0.39 is 26.5 Å². The van der Waals surface area contributed by atoms with Gasteiger partial charge in [0.1, 0.15) is 19.8 Å². The average Bonchev–Trinajstić information content (AvgIpc) is 3.37. The third kappa shape index (κ3) is 60.3. The number of phosphoric ester groups is 1. The van der Waals surface area contributed by atoms with Crippen molar-refractivity contribution in [1.29, 1.82) is 0 Å². The molecule has 434 valence electrons. The lowest BCUT2D eigenvalue weighted by molar-refractivity contribution is -0.870. The number of hydrogen-bond acceptors (Lipinski definition) is 7. The Bertz CT molecular complexity index is 1540. The number of ether oxygens (including phenoxy) is 2. The maximum absolute atomic E-state index is 12.8. The first-order valence-electron chi connectivity index (χ1n) is 30.8. The van der Waals surface area contributed by atoms with Crippen molar-refractivity contribution < 1.29 is 42.1 Å². The molecule has 0 bridgehead atoms. The number of allylic oxidation sites excluding steroid dienone is 14. The summed E-state index contributed by atoms with van der Waals surface area (Å²) in [6, 6.07) is 0. The van der Waals surface area contributed by atoms with Gasteiger partial charge in [-0.05, 0) is 70.6 Å². The molecule has 2 unspecified atom stereocenters. The Kier molecular flexibility index (Phi) is 53.8. The molecule has 0 rings (SSSR count). The van der Waals surface area contributed by atoms with Gasteiger partial charge in [-0.3, -0.25) is 18.6 Å². The molecule has 0 saturated heterocycles. The van der Waals surface area contributed by atoms with Gasteiger partial charge in [0.05, 0.1) is 27.7 Å². The standard InChI is InChI=1S/C65H116NO8P/c1-6-8-10-12-14-16-18-20-22-24-26-28-30-32-33-34-36-38-40-42-44-46-48-50-52-54-56-58-65(68)74-63(62-73-75(69,70)72-60-59-66(3,4)5)61-71-64(67)57-55-53-51-49-47-45-43-41-39-37-35-31-29-27-25-23-21-19-17-15-13-11-9-7-2/h8,10,14,16,20,22,26,28,32-33,36,38,42,44,63H,6-7,9,11-13,15,17-19,21,23-25,27,29-31,34-35,37,39-41,43,45-62H2,1-5H3/p+1/b10-8-,16-14-,22-20-,28-26-,33-32-,38-36-,44-42-. The molecule has 10 heteroatoms. The molecule has 0 aliphatic carbocycles. The highest BCUT2D eigenvalue weighted by Crippen LogP contribution is 2.43. The highest BCUT2D eigenvalue weighted by molar-refractivity contribution is 7.47. The normalized spacial score (nSPS) is 13.8. The Morgan fingerprint density at radius 1 is 0.427 bits per heavy atom. The fourth-order valence-electron chi connectivity index (χ4n) is 8.47. The number of unbranched alkanes of at least 4 members (excludes halogenated alkanes) is 28. The molecular formula is C65H117NO8P+. The summed E-state index contributed by atoms with van der Waals surface area (Å²) in [5.74, 6) is -0.814. The van der Waals surface area contributed by atoms with Crippen LogP contribution in [0.2, 0.25) is 0 Å². The van der Waals surface area contributed by atoms with Gasteiger partial charge in [0.15, 0.2) is 6.10 Å². The van der Waals surface area contributed by atoms with E-state index in [2.05, 4.69) is 98.9 Å². The largest absolute Gasteiger partial charge is 0.472 e. The van der Waals surface area contributed by atoms with Crippen molar-refractivity contribution in [2.45, 2.75) is 270 Å². The van der Waals surface area contributed by atoms with Crippen LogP contribution in [0.3, 0.4) is 0 Å². The molecule has 0 heterocycles. The summed E-state index contributed by atoms with van der Waals surface area (Å²) >= 11 is 0. The van der Waals surface area contributed by atoms with Crippen LogP contribution in [-0.2, 0) is 32.7 Å². The zero-order valence-electron chi connectivity index (χ0n) is 49.3. The van der Waals surface area contributed by atoms with E-state index in [0.29, 0.717) is 17.4 Å². The number of likely N-dealkylation sites (N-methyl/N-ethyl adjacent to an activating group) is 1. The van der Waals surface area contributed by atoms with E-state index in [9.17, 15) is 19.0 Å². The van der Waals surface area contributed by atoms with Crippen molar-refractivity contribution in [2.75, 3.05) is 47.5 Å². The number of rotatable bonds is 56. The van der Waals surface area contributed by atoms with Gasteiger partial charge in [0.25, 0.3) is 0 Å². The van der Waals surface area contributed by atoms with Crippen molar-refractivity contribution in [3.05, 3.63) is 85.1 Å². The molecule has 9 nitrogen and oxygen atoms in total. The number of quaternary nitrogens is 1. The third-order valence-corrected chi connectivity index (χ3v) is 14.2. The molecule has 0 spiro atoms. The van der Waals surface area contributed by atoms with Crippen molar-refractivity contribution in [1.82, 2.24) is 0 Å². The minimum Gasteiger partial charge on any atom is -0.462 e. The molecule has 0 saturated carbocycles. The SMILES string of the molecule is CC/C=C\C/C=C\C/C=C\C/C=C\C/C=C\C/C=C\C/C=C\CCCCCCCC(=O)OC(COC(=O)CCCCCCCCCCCCCCCCCCCCCCCCCC)COP(=O)(O)OCC[N+](C)(C)C. The Balaban J connectivity index is 4.19. The highest BCUT2D eigenvalue weighted by Gasteiger charge is 2.27.